The molecule has 0 unspecified atom stereocenters. The Kier molecular flexibility index (Phi) is 5.24. The van der Waals surface area contributed by atoms with Crippen LogP contribution in [0.3, 0.4) is 0 Å². The second-order valence-corrected chi connectivity index (χ2v) is 7.24. The fourth-order valence-electron chi connectivity index (χ4n) is 3.90. The van der Waals surface area contributed by atoms with Crippen LogP contribution >= 0.6 is 0 Å². The monoisotopic (exact) mass is 354 g/mol. The van der Waals surface area contributed by atoms with E-state index in [4.69, 9.17) is 0 Å². The number of fused-ring (bicyclic) bond motifs is 1. The van der Waals surface area contributed by atoms with Crippen LogP contribution in [0.25, 0.3) is 0 Å². The van der Waals surface area contributed by atoms with Gasteiger partial charge in [0.1, 0.15) is 0 Å². The Bertz CT molecular complexity index is 752. The molecule has 0 atom stereocenters. The average Bonchev–Trinajstić information content (AvgIpc) is 3.34. The van der Waals surface area contributed by atoms with Gasteiger partial charge in [0.15, 0.2) is 5.82 Å². The van der Waals surface area contributed by atoms with Crippen LogP contribution in [-0.2, 0) is 30.8 Å². The fourth-order valence-corrected chi connectivity index (χ4v) is 3.90. The summed E-state index contributed by atoms with van der Waals surface area (Å²) in [6.45, 7) is 5.26. The van der Waals surface area contributed by atoms with Crippen molar-refractivity contribution in [1.29, 1.82) is 0 Å². The van der Waals surface area contributed by atoms with Gasteiger partial charge in [0.25, 0.3) is 0 Å². The van der Waals surface area contributed by atoms with Crippen molar-refractivity contribution < 1.29 is 4.79 Å². The van der Waals surface area contributed by atoms with E-state index in [-0.39, 0.29) is 5.91 Å². The van der Waals surface area contributed by atoms with Gasteiger partial charge in [-0.1, -0.05) is 24.3 Å². The number of rotatable bonds is 6. The van der Waals surface area contributed by atoms with Crippen LogP contribution in [0.4, 0.5) is 0 Å². The van der Waals surface area contributed by atoms with Gasteiger partial charge < -0.3 is 4.90 Å². The van der Waals surface area contributed by atoms with Gasteiger partial charge in [-0.15, -0.1) is 5.10 Å². The molecule has 7 nitrogen and oxygen atoms in total. The predicted molar refractivity (Wildman–Crippen MR) is 97.1 cm³/mol. The fraction of sp³-hybridized carbons (Fsp3) is 0.579. The SMILES string of the molecule is O=C(CCCn1nnnc1CN1CCc2ccccc2C1)N1CCCC1. The molecule has 26 heavy (non-hydrogen) atoms. The second kappa shape index (κ2) is 7.95. The molecule has 1 fully saturated rings. The van der Waals surface area contributed by atoms with Crippen LogP contribution in [-0.4, -0.2) is 55.5 Å². The van der Waals surface area contributed by atoms with Crippen LogP contribution in [0, 0.1) is 0 Å². The average molecular weight is 354 g/mol. The third-order valence-corrected chi connectivity index (χ3v) is 5.40. The maximum absolute atomic E-state index is 12.1. The van der Waals surface area contributed by atoms with Crippen LogP contribution in [0.15, 0.2) is 24.3 Å². The van der Waals surface area contributed by atoms with Crippen molar-refractivity contribution in [3.05, 3.63) is 41.2 Å². The van der Waals surface area contributed by atoms with E-state index in [1.165, 1.54) is 11.1 Å². The number of amides is 1. The number of hydrogen-bond acceptors (Lipinski definition) is 5. The minimum absolute atomic E-state index is 0.268. The molecular formula is C19H26N6O. The summed E-state index contributed by atoms with van der Waals surface area (Å²) in [5, 5.41) is 12.2. The molecule has 0 saturated carbocycles. The Hall–Kier alpha value is -2.28. The van der Waals surface area contributed by atoms with Crippen molar-refractivity contribution >= 4 is 5.91 Å². The van der Waals surface area contributed by atoms with E-state index in [0.717, 1.165) is 64.2 Å². The molecule has 4 rings (SSSR count). The molecule has 138 valence electrons. The van der Waals surface area contributed by atoms with Gasteiger partial charge in [-0.05, 0) is 47.2 Å². The van der Waals surface area contributed by atoms with Crippen molar-refractivity contribution in [2.75, 3.05) is 19.6 Å². The number of carbonyl (C=O) groups excluding carboxylic acids is 1. The lowest BCUT2D eigenvalue weighted by Crippen LogP contribution is -2.31. The molecule has 2 aromatic rings. The first kappa shape index (κ1) is 17.1. The molecule has 2 aliphatic heterocycles. The maximum Gasteiger partial charge on any atom is 0.222 e. The Balaban J connectivity index is 1.29. The van der Waals surface area contributed by atoms with E-state index in [1.807, 2.05) is 9.58 Å². The highest BCUT2D eigenvalue weighted by Crippen LogP contribution is 2.19. The first-order valence-corrected chi connectivity index (χ1v) is 9.61. The highest BCUT2D eigenvalue weighted by Gasteiger charge is 2.20. The predicted octanol–water partition coefficient (Wildman–Crippen LogP) is 1.63. The summed E-state index contributed by atoms with van der Waals surface area (Å²) in [4.78, 5) is 16.5. The van der Waals surface area contributed by atoms with Crippen LogP contribution in [0.5, 0.6) is 0 Å². The molecule has 1 aromatic heterocycles. The molecule has 0 spiro atoms. The summed E-state index contributed by atoms with van der Waals surface area (Å²) in [6.07, 6.45) is 4.72. The Morgan fingerprint density at radius 1 is 1.08 bits per heavy atom. The number of aryl methyl sites for hydroxylation is 1. The first-order chi connectivity index (χ1) is 12.8. The zero-order valence-electron chi connectivity index (χ0n) is 15.2. The number of benzene rings is 1. The number of aromatic nitrogens is 4. The van der Waals surface area contributed by atoms with E-state index in [9.17, 15) is 4.79 Å². The quantitative estimate of drug-likeness (QED) is 0.789. The Morgan fingerprint density at radius 3 is 2.73 bits per heavy atom. The molecule has 0 bridgehead atoms. The molecule has 2 aliphatic rings. The molecule has 1 aromatic carbocycles. The summed E-state index contributed by atoms with van der Waals surface area (Å²) in [7, 11) is 0. The van der Waals surface area contributed by atoms with Gasteiger partial charge in [0, 0.05) is 39.1 Å². The molecule has 7 heteroatoms. The second-order valence-electron chi connectivity index (χ2n) is 7.24. The number of carbonyl (C=O) groups is 1. The highest BCUT2D eigenvalue weighted by atomic mass is 16.2. The first-order valence-electron chi connectivity index (χ1n) is 9.61. The van der Waals surface area contributed by atoms with Gasteiger partial charge in [-0.25, -0.2) is 4.68 Å². The zero-order valence-corrected chi connectivity index (χ0v) is 15.2. The zero-order chi connectivity index (χ0) is 17.8. The van der Waals surface area contributed by atoms with Crippen molar-refractivity contribution in [2.24, 2.45) is 0 Å². The lowest BCUT2D eigenvalue weighted by molar-refractivity contribution is -0.130. The van der Waals surface area contributed by atoms with Crippen LogP contribution < -0.4 is 0 Å². The molecule has 1 amide bonds. The molecular weight excluding hydrogens is 328 g/mol. The van der Waals surface area contributed by atoms with Crippen molar-refractivity contribution in [1.82, 2.24) is 30.0 Å². The lowest BCUT2D eigenvalue weighted by atomic mass is 10.00. The normalized spacial score (nSPS) is 17.5. The van der Waals surface area contributed by atoms with Crippen molar-refractivity contribution in [3.8, 4) is 0 Å². The van der Waals surface area contributed by atoms with Crippen molar-refractivity contribution in [3.63, 3.8) is 0 Å². The van der Waals surface area contributed by atoms with Crippen LogP contribution in [0.2, 0.25) is 0 Å². The van der Waals surface area contributed by atoms with Gasteiger partial charge in [-0.3, -0.25) is 9.69 Å². The summed E-state index contributed by atoms with van der Waals surface area (Å²) < 4.78 is 1.86. The Labute approximate surface area is 154 Å². The van der Waals surface area contributed by atoms with Crippen molar-refractivity contribution in [2.45, 2.75) is 51.7 Å². The number of tetrazole rings is 1. The third kappa shape index (κ3) is 3.93. The third-order valence-electron chi connectivity index (χ3n) is 5.40. The van der Waals surface area contributed by atoms with E-state index in [2.05, 4.69) is 44.7 Å². The molecule has 0 aliphatic carbocycles. The van der Waals surface area contributed by atoms with Gasteiger partial charge in [0.05, 0.1) is 6.54 Å². The van der Waals surface area contributed by atoms with Gasteiger partial charge >= 0.3 is 0 Å². The standard InChI is InChI=1S/C19H26N6O/c26-19(24-10-3-4-11-24)8-5-12-25-18(20-21-22-25)15-23-13-9-16-6-1-2-7-17(16)14-23/h1-2,6-7H,3-5,8-15H2. The minimum atomic E-state index is 0.268. The van der Waals surface area contributed by atoms with E-state index in [0.29, 0.717) is 13.0 Å². The topological polar surface area (TPSA) is 67.2 Å². The van der Waals surface area contributed by atoms with E-state index < -0.39 is 0 Å². The van der Waals surface area contributed by atoms with E-state index in [1.54, 1.807) is 0 Å². The molecule has 3 heterocycles. The number of hydrogen-bond donors (Lipinski definition) is 0. The summed E-state index contributed by atoms with van der Waals surface area (Å²) in [6, 6.07) is 8.63. The lowest BCUT2D eigenvalue weighted by Gasteiger charge is -2.28. The number of nitrogens with zero attached hydrogens (tertiary/aromatic N) is 6. The molecule has 1 saturated heterocycles. The van der Waals surface area contributed by atoms with Gasteiger partial charge in [-0.2, -0.15) is 0 Å². The summed E-state index contributed by atoms with van der Waals surface area (Å²) >= 11 is 0. The summed E-state index contributed by atoms with van der Waals surface area (Å²) in [5.41, 5.74) is 2.85. The molecule has 0 N–H and O–H groups in total. The maximum atomic E-state index is 12.1. The van der Waals surface area contributed by atoms with E-state index >= 15 is 0 Å². The van der Waals surface area contributed by atoms with Gasteiger partial charge in [0.2, 0.25) is 5.91 Å². The van der Waals surface area contributed by atoms with Crippen LogP contribution in [0.1, 0.15) is 42.6 Å². The minimum Gasteiger partial charge on any atom is -0.343 e. The smallest absolute Gasteiger partial charge is 0.222 e. The summed E-state index contributed by atoms with van der Waals surface area (Å²) in [5.74, 6) is 1.16. The largest absolute Gasteiger partial charge is 0.343 e. The highest BCUT2D eigenvalue weighted by molar-refractivity contribution is 5.76. The molecule has 0 radical (unpaired) electrons. The Morgan fingerprint density at radius 2 is 1.88 bits per heavy atom. The number of likely N-dealkylation sites (tertiary alicyclic amines) is 1.